The third kappa shape index (κ3) is 1.93. The third-order valence-corrected chi connectivity index (χ3v) is 3.22. The van der Waals surface area contributed by atoms with Crippen LogP contribution in [0.15, 0.2) is 34.6 Å². The highest BCUT2D eigenvalue weighted by molar-refractivity contribution is 5.45. The molecule has 0 unspecified atom stereocenters. The lowest BCUT2D eigenvalue weighted by Crippen LogP contribution is -2.34. The van der Waals surface area contributed by atoms with Crippen LogP contribution in [0.5, 0.6) is 0 Å². The molecular formula is C12H16N4. The fraction of sp³-hybridized carbons (Fsp3) is 0.500. The van der Waals surface area contributed by atoms with Gasteiger partial charge in [-0.2, -0.15) is 0 Å². The summed E-state index contributed by atoms with van der Waals surface area (Å²) in [5, 5.41) is 14.0. The maximum Gasteiger partial charge on any atom is 0.0924 e. The van der Waals surface area contributed by atoms with Crippen LogP contribution in [0.2, 0.25) is 0 Å². The predicted molar refractivity (Wildman–Crippen MR) is 62.4 cm³/mol. The molecule has 2 aliphatic heterocycles. The van der Waals surface area contributed by atoms with Crippen molar-refractivity contribution in [2.75, 3.05) is 13.1 Å². The Kier molecular flexibility index (Phi) is 2.58. The first-order chi connectivity index (χ1) is 7.92. The van der Waals surface area contributed by atoms with Crippen molar-refractivity contribution < 1.29 is 0 Å². The lowest BCUT2D eigenvalue weighted by Gasteiger charge is -2.24. The number of fused-ring (bicyclic) bond motifs is 1. The molecule has 0 radical (unpaired) electrons. The number of hydrogen-bond donors (Lipinski definition) is 1. The maximum absolute atomic E-state index is 4.25. The van der Waals surface area contributed by atoms with Crippen LogP contribution in [0.25, 0.3) is 0 Å². The second-order valence-electron chi connectivity index (χ2n) is 4.46. The van der Waals surface area contributed by atoms with Gasteiger partial charge in [0.05, 0.1) is 18.8 Å². The number of rotatable bonds is 2. The standard InChI is InChI=1S/C12H16N4/c1-2-6-12-10(4-1)8-16(15-14-12)9-11-5-3-7-13-11/h1-2,4,6,11,13H,3,5,7-9H2/t11-/m0/s1. The van der Waals surface area contributed by atoms with E-state index < -0.39 is 0 Å². The first-order valence-corrected chi connectivity index (χ1v) is 5.90. The number of hydrogen-bond acceptors (Lipinski definition) is 4. The molecule has 1 aromatic rings. The molecule has 1 aromatic carbocycles. The largest absolute Gasteiger partial charge is 0.312 e. The molecular weight excluding hydrogens is 200 g/mol. The van der Waals surface area contributed by atoms with Gasteiger partial charge in [0.2, 0.25) is 0 Å². The van der Waals surface area contributed by atoms with Crippen LogP contribution in [-0.4, -0.2) is 24.1 Å². The molecule has 1 atom stereocenters. The molecule has 4 heteroatoms. The summed E-state index contributed by atoms with van der Waals surface area (Å²) in [4.78, 5) is 0. The van der Waals surface area contributed by atoms with E-state index in [4.69, 9.17) is 0 Å². The van der Waals surface area contributed by atoms with Gasteiger partial charge in [-0.1, -0.05) is 23.4 Å². The lowest BCUT2D eigenvalue weighted by atomic mass is 10.1. The molecule has 1 saturated heterocycles. The first kappa shape index (κ1) is 9.78. The van der Waals surface area contributed by atoms with Crippen molar-refractivity contribution in [3.05, 3.63) is 29.8 Å². The van der Waals surface area contributed by atoms with E-state index in [9.17, 15) is 0 Å². The van der Waals surface area contributed by atoms with Gasteiger partial charge in [-0.05, 0) is 25.5 Å². The quantitative estimate of drug-likeness (QED) is 0.823. The number of nitrogens with one attached hydrogen (secondary N) is 1. The second-order valence-corrected chi connectivity index (χ2v) is 4.46. The average Bonchev–Trinajstić information content (AvgIpc) is 2.82. The monoisotopic (exact) mass is 216 g/mol. The Morgan fingerprint density at radius 1 is 1.38 bits per heavy atom. The molecule has 0 bridgehead atoms. The summed E-state index contributed by atoms with van der Waals surface area (Å²) in [5.41, 5.74) is 2.29. The van der Waals surface area contributed by atoms with E-state index in [0.717, 1.165) is 25.3 Å². The van der Waals surface area contributed by atoms with Crippen molar-refractivity contribution in [3.63, 3.8) is 0 Å². The molecule has 0 amide bonds. The number of nitrogens with zero attached hydrogens (tertiary/aromatic N) is 3. The van der Waals surface area contributed by atoms with E-state index in [1.807, 2.05) is 12.1 Å². The molecule has 0 saturated carbocycles. The minimum atomic E-state index is 0.587. The van der Waals surface area contributed by atoms with Gasteiger partial charge in [-0.3, -0.25) is 5.01 Å². The molecule has 0 aromatic heterocycles. The molecule has 16 heavy (non-hydrogen) atoms. The highest BCUT2D eigenvalue weighted by atomic mass is 15.6. The van der Waals surface area contributed by atoms with Gasteiger partial charge in [0.1, 0.15) is 0 Å². The zero-order chi connectivity index (χ0) is 10.8. The predicted octanol–water partition coefficient (Wildman–Crippen LogP) is 2.25. The van der Waals surface area contributed by atoms with Crippen LogP contribution in [0, 0.1) is 0 Å². The summed E-state index contributed by atoms with van der Waals surface area (Å²) in [7, 11) is 0. The highest BCUT2D eigenvalue weighted by Crippen LogP contribution is 2.25. The summed E-state index contributed by atoms with van der Waals surface area (Å²) in [6.45, 7) is 3.00. The van der Waals surface area contributed by atoms with Gasteiger partial charge in [0, 0.05) is 11.6 Å². The van der Waals surface area contributed by atoms with E-state index in [1.165, 1.54) is 18.4 Å². The summed E-state index contributed by atoms with van der Waals surface area (Å²) in [5.74, 6) is 0. The van der Waals surface area contributed by atoms with E-state index in [0.29, 0.717) is 6.04 Å². The van der Waals surface area contributed by atoms with Crippen molar-refractivity contribution in [1.29, 1.82) is 0 Å². The van der Waals surface area contributed by atoms with Gasteiger partial charge in [0.25, 0.3) is 0 Å². The Bertz CT molecular complexity index is 396. The topological polar surface area (TPSA) is 40.0 Å². The van der Waals surface area contributed by atoms with Crippen LogP contribution >= 0.6 is 0 Å². The van der Waals surface area contributed by atoms with Crippen LogP contribution in [0.3, 0.4) is 0 Å². The molecule has 0 spiro atoms. The Labute approximate surface area is 95.3 Å². The van der Waals surface area contributed by atoms with Gasteiger partial charge >= 0.3 is 0 Å². The van der Waals surface area contributed by atoms with E-state index in [-0.39, 0.29) is 0 Å². The molecule has 3 rings (SSSR count). The normalized spacial score (nSPS) is 23.5. The fourth-order valence-electron chi connectivity index (χ4n) is 2.35. The Balaban J connectivity index is 1.68. The molecule has 2 heterocycles. The summed E-state index contributed by atoms with van der Waals surface area (Å²) in [6, 6.07) is 8.80. The Hall–Kier alpha value is -1.42. The highest BCUT2D eigenvalue weighted by Gasteiger charge is 2.19. The van der Waals surface area contributed by atoms with Crippen molar-refractivity contribution in [1.82, 2.24) is 10.3 Å². The molecule has 4 nitrogen and oxygen atoms in total. The number of benzene rings is 1. The summed E-state index contributed by atoms with van der Waals surface area (Å²) >= 11 is 0. The summed E-state index contributed by atoms with van der Waals surface area (Å²) in [6.07, 6.45) is 2.54. The molecule has 84 valence electrons. The minimum absolute atomic E-state index is 0.587. The van der Waals surface area contributed by atoms with Crippen LogP contribution in [0.4, 0.5) is 5.69 Å². The van der Waals surface area contributed by atoms with E-state index in [1.54, 1.807) is 0 Å². The zero-order valence-electron chi connectivity index (χ0n) is 9.26. The van der Waals surface area contributed by atoms with Gasteiger partial charge in [0.15, 0.2) is 0 Å². The van der Waals surface area contributed by atoms with Crippen LogP contribution in [0.1, 0.15) is 18.4 Å². The maximum atomic E-state index is 4.25. The third-order valence-electron chi connectivity index (χ3n) is 3.22. The van der Waals surface area contributed by atoms with Crippen molar-refractivity contribution >= 4 is 5.69 Å². The molecule has 2 aliphatic rings. The van der Waals surface area contributed by atoms with E-state index in [2.05, 4.69) is 32.8 Å². The minimum Gasteiger partial charge on any atom is -0.312 e. The lowest BCUT2D eigenvalue weighted by molar-refractivity contribution is 0.230. The van der Waals surface area contributed by atoms with Gasteiger partial charge < -0.3 is 5.32 Å². The Morgan fingerprint density at radius 2 is 2.31 bits per heavy atom. The molecule has 0 aliphatic carbocycles. The second kappa shape index (κ2) is 4.22. The van der Waals surface area contributed by atoms with Crippen molar-refractivity contribution in [2.45, 2.75) is 25.4 Å². The first-order valence-electron chi connectivity index (χ1n) is 5.90. The van der Waals surface area contributed by atoms with Crippen LogP contribution in [-0.2, 0) is 6.54 Å². The fourth-order valence-corrected chi connectivity index (χ4v) is 2.35. The van der Waals surface area contributed by atoms with Crippen LogP contribution < -0.4 is 5.32 Å². The summed E-state index contributed by atoms with van der Waals surface area (Å²) < 4.78 is 0. The van der Waals surface area contributed by atoms with Crippen molar-refractivity contribution in [2.24, 2.45) is 10.3 Å². The zero-order valence-corrected chi connectivity index (χ0v) is 9.26. The average molecular weight is 216 g/mol. The van der Waals surface area contributed by atoms with Crippen molar-refractivity contribution in [3.8, 4) is 0 Å². The van der Waals surface area contributed by atoms with E-state index >= 15 is 0 Å². The molecule has 1 N–H and O–H groups in total. The molecule has 1 fully saturated rings. The van der Waals surface area contributed by atoms with Gasteiger partial charge in [-0.25, -0.2) is 0 Å². The Morgan fingerprint density at radius 3 is 3.19 bits per heavy atom. The SMILES string of the molecule is c1ccc2c(c1)CN(C[C@@H]1CCCN1)N=N2. The smallest absolute Gasteiger partial charge is 0.0924 e. The van der Waals surface area contributed by atoms with Gasteiger partial charge in [-0.15, -0.1) is 5.11 Å².